The minimum atomic E-state index is 0.576. The molecule has 0 N–H and O–H groups in total. The first kappa shape index (κ1) is 32.3. The first-order valence-electron chi connectivity index (χ1n) is 18.6. The van der Waals surface area contributed by atoms with Gasteiger partial charge in [0, 0.05) is 16.5 Å². The third-order valence-electron chi connectivity index (χ3n) is 10.3. The van der Waals surface area contributed by atoms with E-state index in [4.69, 9.17) is 14.4 Å². The third kappa shape index (κ3) is 6.28. The van der Waals surface area contributed by atoms with Crippen LogP contribution in [-0.4, -0.2) is 9.97 Å². The van der Waals surface area contributed by atoms with Gasteiger partial charge in [-0.25, -0.2) is 4.98 Å². The molecule has 0 radical (unpaired) electrons. The van der Waals surface area contributed by atoms with Crippen molar-refractivity contribution >= 4 is 22.1 Å². The first-order chi connectivity index (χ1) is 27.2. The van der Waals surface area contributed by atoms with E-state index < -0.39 is 0 Å². The summed E-state index contributed by atoms with van der Waals surface area (Å²) in [6.45, 7) is 0. The second kappa shape index (κ2) is 13.9. The van der Waals surface area contributed by atoms with Crippen LogP contribution in [0.5, 0.6) is 0 Å². The third-order valence-corrected chi connectivity index (χ3v) is 10.3. The van der Waals surface area contributed by atoms with E-state index >= 15 is 0 Å². The molecular weight excluding hydrogens is 669 g/mol. The van der Waals surface area contributed by atoms with Crippen LogP contribution < -0.4 is 0 Å². The zero-order valence-corrected chi connectivity index (χ0v) is 29.9. The van der Waals surface area contributed by atoms with Crippen molar-refractivity contribution in [2.45, 2.75) is 0 Å². The predicted octanol–water partition coefficient (Wildman–Crippen LogP) is 14.0. The summed E-state index contributed by atoms with van der Waals surface area (Å²) >= 11 is 0. The normalized spacial score (nSPS) is 11.3. The van der Waals surface area contributed by atoms with E-state index in [1.165, 1.54) is 38.9 Å². The van der Waals surface area contributed by atoms with Gasteiger partial charge in [-0.05, 0) is 79.9 Å². The molecule has 0 saturated heterocycles. The average Bonchev–Trinajstić information content (AvgIpc) is 3.66. The summed E-state index contributed by atoms with van der Waals surface area (Å²) in [6, 6.07) is 72.4. The molecule has 10 aromatic rings. The molecule has 10 rings (SSSR count). The molecule has 0 spiro atoms. The summed E-state index contributed by atoms with van der Waals surface area (Å²) in [6.07, 6.45) is 0. The topological polar surface area (TPSA) is 38.9 Å². The number of hydrogen-bond donors (Lipinski definition) is 0. The molecule has 3 heteroatoms. The van der Waals surface area contributed by atoms with Gasteiger partial charge >= 0.3 is 0 Å². The van der Waals surface area contributed by atoms with Gasteiger partial charge in [0.05, 0.1) is 11.1 Å². The van der Waals surface area contributed by atoms with E-state index in [1.807, 2.05) is 30.3 Å². The van der Waals surface area contributed by atoms with E-state index in [0.717, 1.165) is 49.9 Å². The van der Waals surface area contributed by atoms with Crippen LogP contribution in [0.15, 0.2) is 211 Å². The lowest BCUT2D eigenvalue weighted by molar-refractivity contribution is 0.653. The molecule has 0 atom stereocenters. The lowest BCUT2D eigenvalue weighted by atomic mass is 9.96. The second-order valence-electron chi connectivity index (χ2n) is 13.8. The Labute approximate surface area is 319 Å². The van der Waals surface area contributed by atoms with E-state index in [0.29, 0.717) is 11.5 Å². The van der Waals surface area contributed by atoms with Crippen molar-refractivity contribution in [1.82, 2.24) is 9.97 Å². The maximum Gasteiger partial charge on any atom is 0.231 e. The van der Waals surface area contributed by atoms with Crippen molar-refractivity contribution in [3.8, 4) is 78.3 Å². The highest BCUT2D eigenvalue weighted by molar-refractivity contribution is 6.10. The van der Waals surface area contributed by atoms with Crippen LogP contribution in [0.4, 0.5) is 0 Å². The molecule has 0 aliphatic rings. The molecule has 258 valence electrons. The fourth-order valence-electron chi connectivity index (χ4n) is 7.49. The number of para-hydroxylation sites is 1. The predicted molar refractivity (Wildman–Crippen MR) is 227 cm³/mol. The Bertz CT molecular complexity index is 2950. The van der Waals surface area contributed by atoms with Gasteiger partial charge in [0.1, 0.15) is 5.58 Å². The van der Waals surface area contributed by atoms with Gasteiger partial charge in [0.2, 0.25) is 5.71 Å². The Hall–Kier alpha value is -7.36. The van der Waals surface area contributed by atoms with Crippen LogP contribution in [0.2, 0.25) is 0 Å². The number of furan rings is 1. The van der Waals surface area contributed by atoms with Crippen molar-refractivity contribution in [1.29, 1.82) is 0 Å². The molecule has 3 nitrogen and oxygen atoms in total. The number of benzene rings is 8. The molecule has 55 heavy (non-hydrogen) atoms. The van der Waals surface area contributed by atoms with E-state index in [9.17, 15) is 0 Å². The monoisotopic (exact) mass is 702 g/mol. The van der Waals surface area contributed by atoms with E-state index in [1.54, 1.807) is 0 Å². The highest BCUT2D eigenvalue weighted by Gasteiger charge is 2.19. The van der Waals surface area contributed by atoms with Gasteiger partial charge in [0.25, 0.3) is 0 Å². The fraction of sp³-hybridized carbons (Fsp3) is 0. The van der Waals surface area contributed by atoms with Gasteiger partial charge in [-0.1, -0.05) is 182 Å². The molecule has 0 amide bonds. The lowest BCUT2D eigenvalue weighted by Crippen LogP contribution is -1.94. The summed E-state index contributed by atoms with van der Waals surface area (Å²) in [5, 5.41) is 1.92. The zero-order valence-electron chi connectivity index (χ0n) is 29.9. The van der Waals surface area contributed by atoms with Gasteiger partial charge < -0.3 is 4.42 Å². The van der Waals surface area contributed by atoms with E-state index in [-0.39, 0.29) is 0 Å². The van der Waals surface area contributed by atoms with Crippen LogP contribution in [0, 0.1) is 0 Å². The van der Waals surface area contributed by atoms with Gasteiger partial charge in [-0.2, -0.15) is 4.98 Å². The lowest BCUT2D eigenvalue weighted by Gasteiger charge is -2.11. The molecule has 0 aliphatic carbocycles. The Morgan fingerprint density at radius 3 is 1.24 bits per heavy atom. The van der Waals surface area contributed by atoms with Gasteiger partial charge in [-0.3, -0.25) is 0 Å². The molecule has 0 fully saturated rings. The van der Waals surface area contributed by atoms with Gasteiger partial charge in [-0.15, -0.1) is 0 Å². The quantitative estimate of drug-likeness (QED) is 0.166. The van der Waals surface area contributed by atoms with Crippen LogP contribution in [-0.2, 0) is 0 Å². The smallest absolute Gasteiger partial charge is 0.231 e. The Balaban J connectivity index is 1.01. The minimum absolute atomic E-state index is 0.576. The van der Waals surface area contributed by atoms with Crippen LogP contribution in [0.3, 0.4) is 0 Å². The van der Waals surface area contributed by atoms with Crippen LogP contribution in [0.1, 0.15) is 0 Å². The molecule has 0 aliphatic heterocycles. The zero-order chi connectivity index (χ0) is 36.6. The van der Waals surface area contributed by atoms with Crippen molar-refractivity contribution in [3.63, 3.8) is 0 Å². The van der Waals surface area contributed by atoms with Crippen molar-refractivity contribution in [2.75, 3.05) is 0 Å². The molecule has 0 saturated carbocycles. The maximum atomic E-state index is 6.39. The highest BCUT2D eigenvalue weighted by atomic mass is 16.3. The van der Waals surface area contributed by atoms with Gasteiger partial charge in [0.15, 0.2) is 5.82 Å². The average molecular weight is 703 g/mol. The second-order valence-corrected chi connectivity index (χ2v) is 13.8. The minimum Gasteiger partial charge on any atom is -0.438 e. The SMILES string of the molecule is c1ccc(-c2ccc(-c3cccc(-c4cccc(-c5nc(-c6ccc(-c7cccc(-c8ccccc8)c7)cc6)c6c(n5)oc5ccccc56)c4)c3)cc2)cc1. The van der Waals surface area contributed by atoms with E-state index in [2.05, 4.69) is 176 Å². The molecule has 0 bridgehead atoms. The highest BCUT2D eigenvalue weighted by Crippen LogP contribution is 2.38. The summed E-state index contributed by atoms with van der Waals surface area (Å²) < 4.78 is 6.39. The summed E-state index contributed by atoms with van der Waals surface area (Å²) in [7, 11) is 0. The number of rotatable bonds is 7. The number of fused-ring (bicyclic) bond motifs is 3. The van der Waals surface area contributed by atoms with Crippen molar-refractivity contribution < 1.29 is 4.42 Å². The maximum absolute atomic E-state index is 6.39. The van der Waals surface area contributed by atoms with Crippen molar-refractivity contribution in [3.05, 3.63) is 206 Å². The Morgan fingerprint density at radius 1 is 0.291 bits per heavy atom. The molecule has 8 aromatic carbocycles. The summed E-state index contributed by atoms with van der Waals surface area (Å²) in [5.41, 5.74) is 15.8. The Kier molecular flexibility index (Phi) is 8.16. The molecular formula is C52H34N2O. The fourth-order valence-corrected chi connectivity index (χ4v) is 7.49. The summed E-state index contributed by atoms with van der Waals surface area (Å²) in [5.74, 6) is 0.621. The van der Waals surface area contributed by atoms with Crippen LogP contribution >= 0.6 is 0 Å². The Morgan fingerprint density at radius 2 is 0.673 bits per heavy atom. The number of hydrogen-bond acceptors (Lipinski definition) is 3. The standard InChI is InChI=1S/C52H34N2O/c1-3-12-35(13-4-1)37-24-26-38(27-25-37)43-18-10-19-44(33-43)45-20-11-21-46(34-45)51-53-50(49-47-22-7-8-23-48(47)55-52(49)54-51)40-30-28-39(29-31-40)42-17-9-16-41(32-42)36-14-5-2-6-15-36/h1-34H. The van der Waals surface area contributed by atoms with Crippen LogP contribution in [0.25, 0.3) is 100 Å². The molecule has 0 unspecified atom stereocenters. The number of aromatic nitrogens is 2. The largest absolute Gasteiger partial charge is 0.438 e. The summed E-state index contributed by atoms with van der Waals surface area (Å²) in [4.78, 5) is 10.3. The first-order valence-corrected chi connectivity index (χ1v) is 18.6. The number of nitrogens with zero attached hydrogens (tertiary/aromatic N) is 2. The molecule has 2 aromatic heterocycles. The van der Waals surface area contributed by atoms with Crippen molar-refractivity contribution in [2.24, 2.45) is 0 Å². The molecule has 2 heterocycles.